The minimum absolute atomic E-state index is 0.0320. The number of nitrogens with zero attached hydrogens (tertiary/aromatic N) is 2. The van der Waals surface area contributed by atoms with Gasteiger partial charge in [-0.05, 0) is 55.5 Å². The summed E-state index contributed by atoms with van der Waals surface area (Å²) in [6, 6.07) is 9.31. The Kier molecular flexibility index (Phi) is 3.51. The van der Waals surface area contributed by atoms with Crippen LogP contribution in [0.25, 0.3) is 5.69 Å². The van der Waals surface area contributed by atoms with Gasteiger partial charge in [0.2, 0.25) is 5.91 Å². The lowest BCUT2D eigenvalue weighted by molar-refractivity contribution is 0.100. The first-order valence-electron chi connectivity index (χ1n) is 7.65. The van der Waals surface area contributed by atoms with Gasteiger partial charge in [0.1, 0.15) is 0 Å². The van der Waals surface area contributed by atoms with E-state index in [1.807, 2.05) is 19.1 Å². The maximum absolute atomic E-state index is 11.2. The van der Waals surface area contributed by atoms with Crippen LogP contribution in [0.5, 0.6) is 0 Å². The molecule has 1 aliphatic carbocycles. The number of hydrogen-bond donors (Lipinski definition) is 2. The zero-order chi connectivity index (χ0) is 16.8. The van der Waals surface area contributed by atoms with E-state index in [0.29, 0.717) is 5.56 Å². The molecule has 1 heterocycles. The van der Waals surface area contributed by atoms with E-state index in [-0.39, 0.29) is 5.41 Å². The molecule has 0 unspecified atom stereocenters. The monoisotopic (exact) mass is 311 g/mol. The number of hydrogen-bond acceptors (Lipinski definition) is 3. The maximum atomic E-state index is 11.2. The second-order valence-corrected chi connectivity index (χ2v) is 6.96. The van der Waals surface area contributed by atoms with E-state index < -0.39 is 5.91 Å². The quantitative estimate of drug-likeness (QED) is 0.660. The van der Waals surface area contributed by atoms with Crippen LogP contribution < -0.4 is 5.73 Å². The number of amides is 1. The number of carbonyl (C=O) groups is 1. The lowest BCUT2D eigenvalue weighted by Gasteiger charge is -2.31. The number of benzene rings is 1. The van der Waals surface area contributed by atoms with E-state index >= 15 is 0 Å². The Hall–Kier alpha value is -2.56. The number of oxime groups is 1. The minimum atomic E-state index is -0.432. The molecule has 0 fully saturated rings. The molecule has 0 saturated heterocycles. The summed E-state index contributed by atoms with van der Waals surface area (Å²) < 4.78 is 2.16. The predicted molar refractivity (Wildman–Crippen MR) is 89.4 cm³/mol. The third kappa shape index (κ3) is 2.63. The Bertz CT molecular complexity index is 798. The van der Waals surface area contributed by atoms with E-state index in [9.17, 15) is 10.0 Å². The molecule has 5 heteroatoms. The van der Waals surface area contributed by atoms with Gasteiger partial charge < -0.3 is 15.5 Å². The number of aromatic nitrogens is 1. The van der Waals surface area contributed by atoms with Crippen LogP contribution >= 0.6 is 0 Å². The van der Waals surface area contributed by atoms with Gasteiger partial charge in [-0.3, -0.25) is 4.79 Å². The molecule has 0 bridgehead atoms. The van der Waals surface area contributed by atoms with E-state index in [1.54, 1.807) is 12.1 Å². The van der Waals surface area contributed by atoms with Gasteiger partial charge in [-0.1, -0.05) is 19.0 Å². The summed E-state index contributed by atoms with van der Waals surface area (Å²) in [5.74, 6) is -0.432. The summed E-state index contributed by atoms with van der Waals surface area (Å²) in [6.45, 7) is 6.37. The number of aryl methyl sites for hydroxylation is 1. The molecule has 1 aromatic carbocycles. The minimum Gasteiger partial charge on any atom is -0.411 e. The number of nitrogens with two attached hydrogens (primary N) is 1. The highest BCUT2D eigenvalue weighted by Gasteiger charge is 2.33. The Morgan fingerprint density at radius 1 is 1.26 bits per heavy atom. The molecule has 0 radical (unpaired) electrons. The van der Waals surface area contributed by atoms with Crippen molar-refractivity contribution in [1.82, 2.24) is 4.57 Å². The molecule has 2 aromatic rings. The van der Waals surface area contributed by atoms with Gasteiger partial charge in [0.15, 0.2) is 0 Å². The fourth-order valence-electron chi connectivity index (χ4n) is 3.40. The van der Waals surface area contributed by atoms with Crippen molar-refractivity contribution in [2.24, 2.45) is 16.3 Å². The Balaban J connectivity index is 2.15. The van der Waals surface area contributed by atoms with Crippen molar-refractivity contribution < 1.29 is 10.0 Å². The third-order valence-electron chi connectivity index (χ3n) is 4.42. The molecule has 0 saturated carbocycles. The van der Waals surface area contributed by atoms with Crippen LogP contribution in [0.4, 0.5) is 0 Å². The number of fused-ring (bicyclic) bond motifs is 1. The van der Waals surface area contributed by atoms with Crippen molar-refractivity contribution in [2.75, 3.05) is 0 Å². The highest BCUT2D eigenvalue weighted by molar-refractivity contribution is 6.03. The van der Waals surface area contributed by atoms with Crippen LogP contribution in [-0.4, -0.2) is 21.4 Å². The lowest BCUT2D eigenvalue weighted by atomic mass is 9.76. The van der Waals surface area contributed by atoms with Crippen LogP contribution in [0.15, 0.2) is 35.5 Å². The second-order valence-electron chi connectivity index (χ2n) is 6.96. The summed E-state index contributed by atoms with van der Waals surface area (Å²) in [6.07, 6.45) is 1.65. The van der Waals surface area contributed by atoms with Crippen molar-refractivity contribution in [3.63, 3.8) is 0 Å². The molecular formula is C18H21N3O2. The summed E-state index contributed by atoms with van der Waals surface area (Å²) in [5, 5.41) is 12.9. The average Bonchev–Trinajstić information content (AvgIpc) is 2.81. The zero-order valence-corrected chi connectivity index (χ0v) is 13.6. The molecule has 3 rings (SSSR count). The topological polar surface area (TPSA) is 80.6 Å². The molecule has 23 heavy (non-hydrogen) atoms. The van der Waals surface area contributed by atoms with Gasteiger partial charge in [0, 0.05) is 28.2 Å². The van der Waals surface area contributed by atoms with Crippen LogP contribution in [0.1, 0.15) is 47.6 Å². The van der Waals surface area contributed by atoms with E-state index in [1.165, 1.54) is 0 Å². The van der Waals surface area contributed by atoms with Crippen molar-refractivity contribution in [3.8, 4) is 5.69 Å². The first-order chi connectivity index (χ1) is 10.8. The standard InChI is InChI=1S/C18H21N3O2/c1-11-8-14-15(20-23)9-18(2,3)10-16(14)21(11)13-6-4-12(5-7-13)17(19)22/h4-8,23H,9-10H2,1-3H3,(H2,19,22). The smallest absolute Gasteiger partial charge is 0.248 e. The van der Waals surface area contributed by atoms with Crippen molar-refractivity contribution in [2.45, 2.75) is 33.6 Å². The SMILES string of the molecule is Cc1cc2c(n1-c1ccc(C(N)=O)cc1)CC(C)(C)CC2=NO. The van der Waals surface area contributed by atoms with Crippen molar-refractivity contribution in [3.05, 3.63) is 52.8 Å². The highest BCUT2D eigenvalue weighted by atomic mass is 16.4. The zero-order valence-electron chi connectivity index (χ0n) is 13.6. The Labute approximate surface area is 135 Å². The van der Waals surface area contributed by atoms with Gasteiger partial charge in [-0.15, -0.1) is 0 Å². The van der Waals surface area contributed by atoms with E-state index in [4.69, 9.17) is 5.73 Å². The van der Waals surface area contributed by atoms with E-state index in [0.717, 1.165) is 41.2 Å². The number of primary amides is 1. The summed E-state index contributed by atoms with van der Waals surface area (Å²) >= 11 is 0. The summed E-state index contributed by atoms with van der Waals surface area (Å²) in [4.78, 5) is 11.2. The average molecular weight is 311 g/mol. The Morgan fingerprint density at radius 2 is 1.91 bits per heavy atom. The first-order valence-corrected chi connectivity index (χ1v) is 7.65. The molecule has 0 spiro atoms. The fourth-order valence-corrected chi connectivity index (χ4v) is 3.40. The maximum Gasteiger partial charge on any atom is 0.248 e. The summed E-state index contributed by atoms with van der Waals surface area (Å²) in [7, 11) is 0. The van der Waals surface area contributed by atoms with Gasteiger partial charge in [-0.2, -0.15) is 0 Å². The molecular weight excluding hydrogens is 290 g/mol. The van der Waals surface area contributed by atoms with Gasteiger partial charge in [0.05, 0.1) is 5.71 Å². The van der Waals surface area contributed by atoms with Crippen molar-refractivity contribution in [1.29, 1.82) is 0 Å². The molecule has 1 aliphatic rings. The van der Waals surface area contributed by atoms with Crippen LogP contribution in [0, 0.1) is 12.3 Å². The molecule has 120 valence electrons. The number of rotatable bonds is 2. The summed E-state index contributed by atoms with van der Waals surface area (Å²) in [5.41, 5.74) is 10.7. The predicted octanol–water partition coefficient (Wildman–Crippen LogP) is 3.04. The van der Waals surface area contributed by atoms with Crippen LogP contribution in [-0.2, 0) is 6.42 Å². The largest absolute Gasteiger partial charge is 0.411 e. The van der Waals surface area contributed by atoms with Gasteiger partial charge >= 0.3 is 0 Å². The Morgan fingerprint density at radius 3 is 2.48 bits per heavy atom. The number of carbonyl (C=O) groups excluding carboxylic acids is 1. The lowest BCUT2D eigenvalue weighted by Crippen LogP contribution is -2.28. The molecule has 1 amide bonds. The second kappa shape index (κ2) is 5.26. The van der Waals surface area contributed by atoms with Crippen molar-refractivity contribution >= 4 is 11.6 Å². The molecule has 1 aromatic heterocycles. The van der Waals surface area contributed by atoms with Gasteiger partial charge in [-0.25, -0.2) is 0 Å². The third-order valence-corrected chi connectivity index (χ3v) is 4.42. The molecule has 0 atom stereocenters. The first kappa shape index (κ1) is 15.3. The molecule has 3 N–H and O–H groups in total. The highest BCUT2D eigenvalue weighted by Crippen LogP contribution is 2.37. The normalized spacial score (nSPS) is 18.0. The van der Waals surface area contributed by atoms with Gasteiger partial charge in [0.25, 0.3) is 0 Å². The van der Waals surface area contributed by atoms with E-state index in [2.05, 4.69) is 29.6 Å². The van der Waals surface area contributed by atoms with Crippen LogP contribution in [0.2, 0.25) is 0 Å². The fraction of sp³-hybridized carbons (Fsp3) is 0.333. The molecule has 5 nitrogen and oxygen atoms in total. The van der Waals surface area contributed by atoms with Crippen LogP contribution in [0.3, 0.4) is 0 Å². The molecule has 0 aliphatic heterocycles.